The molecule has 15 heavy (non-hydrogen) atoms. The number of carboxylic acids is 2. The third kappa shape index (κ3) is 24.5. The molecule has 0 aliphatic rings. The molecule has 0 radical (unpaired) electrons. The number of carbonyl (C=O) groups is 2. The predicted octanol–water partition coefficient (Wildman–Crippen LogP) is 0.884. The molecule has 0 aliphatic carbocycles. The number of allylic oxidation sites excluding steroid dienone is 2. The monoisotopic (exact) mass is 215 g/mol. The van der Waals surface area contributed by atoms with Crippen LogP contribution in [0.2, 0.25) is 0 Å². The summed E-state index contributed by atoms with van der Waals surface area (Å²) in [5.74, 6) is -2.20. The van der Waals surface area contributed by atoms with E-state index in [-0.39, 0.29) is 0 Å². The van der Waals surface area contributed by atoms with E-state index in [2.05, 4.69) is 19.2 Å². The molecule has 0 amide bonds. The van der Waals surface area contributed by atoms with Crippen molar-refractivity contribution in [3.63, 3.8) is 0 Å². The smallest absolute Gasteiger partial charge is 0.328 e. The van der Waals surface area contributed by atoms with Gasteiger partial charge in [0.1, 0.15) is 0 Å². The highest BCUT2D eigenvalue weighted by atomic mass is 16.4. The summed E-state index contributed by atoms with van der Waals surface area (Å²) < 4.78 is 0. The molecular formula is C10H17NO4. The molecule has 5 nitrogen and oxygen atoms in total. The quantitative estimate of drug-likeness (QED) is 0.468. The first kappa shape index (κ1) is 15.8. The number of rotatable bonds is 5. The van der Waals surface area contributed by atoms with E-state index in [0.717, 1.165) is 37.4 Å². The third-order valence-electron chi connectivity index (χ3n) is 1.09. The van der Waals surface area contributed by atoms with E-state index in [1.54, 1.807) is 0 Å². The molecule has 0 saturated carbocycles. The minimum absolute atomic E-state index is 0.847. The van der Waals surface area contributed by atoms with Gasteiger partial charge in [-0.3, -0.25) is 0 Å². The zero-order valence-corrected chi connectivity index (χ0v) is 8.93. The van der Waals surface area contributed by atoms with Crippen LogP contribution in [0.4, 0.5) is 0 Å². The minimum atomic E-state index is -1.10. The molecule has 0 bridgehead atoms. The molecule has 0 heterocycles. The average molecular weight is 215 g/mol. The lowest BCUT2D eigenvalue weighted by molar-refractivity contribution is -0.132. The van der Waals surface area contributed by atoms with Crippen LogP contribution in [-0.4, -0.2) is 35.2 Å². The Hall–Kier alpha value is -1.62. The van der Waals surface area contributed by atoms with Crippen LogP contribution >= 0.6 is 0 Å². The van der Waals surface area contributed by atoms with E-state index in [9.17, 15) is 9.59 Å². The van der Waals surface area contributed by atoms with Gasteiger partial charge < -0.3 is 15.5 Å². The van der Waals surface area contributed by atoms with Crippen LogP contribution in [0, 0.1) is 0 Å². The summed E-state index contributed by atoms with van der Waals surface area (Å²) in [7, 11) is 0. The summed E-state index contributed by atoms with van der Waals surface area (Å²) in [6.45, 7) is 6.39. The molecule has 0 aromatic rings. The molecule has 0 rings (SSSR count). The number of aliphatic carboxylic acids is 2. The van der Waals surface area contributed by atoms with Crippen molar-refractivity contribution in [1.29, 1.82) is 0 Å². The SMILES string of the molecule is CCNCC.O=C(O)C=CC=CC(=O)O. The summed E-state index contributed by atoms with van der Waals surface area (Å²) in [5.41, 5.74) is 0. The molecule has 0 aromatic carbocycles. The van der Waals surface area contributed by atoms with Crippen LogP contribution < -0.4 is 5.32 Å². The maximum absolute atomic E-state index is 9.78. The summed E-state index contributed by atoms with van der Waals surface area (Å²) in [5, 5.41) is 19.1. The summed E-state index contributed by atoms with van der Waals surface area (Å²) in [6.07, 6.45) is 3.96. The highest BCUT2D eigenvalue weighted by Crippen LogP contribution is 1.76. The van der Waals surface area contributed by atoms with Crippen LogP contribution in [0.5, 0.6) is 0 Å². The Morgan fingerprint density at radius 3 is 1.47 bits per heavy atom. The molecule has 0 unspecified atom stereocenters. The maximum Gasteiger partial charge on any atom is 0.328 e. The van der Waals surface area contributed by atoms with E-state index in [0.29, 0.717) is 0 Å². The van der Waals surface area contributed by atoms with E-state index in [1.807, 2.05) is 0 Å². The van der Waals surface area contributed by atoms with E-state index in [1.165, 1.54) is 0 Å². The predicted molar refractivity (Wildman–Crippen MR) is 57.8 cm³/mol. The zero-order chi connectivity index (χ0) is 12.1. The Labute approximate surface area is 89.1 Å². The Bertz CT molecular complexity index is 210. The second-order valence-corrected chi connectivity index (χ2v) is 2.35. The number of nitrogens with one attached hydrogen (secondary N) is 1. The molecule has 3 N–H and O–H groups in total. The van der Waals surface area contributed by atoms with Gasteiger partial charge in [0.15, 0.2) is 0 Å². The lowest BCUT2D eigenvalue weighted by Crippen LogP contribution is -2.09. The van der Waals surface area contributed by atoms with Crippen LogP contribution in [0.15, 0.2) is 24.3 Å². The van der Waals surface area contributed by atoms with Crippen molar-refractivity contribution in [2.75, 3.05) is 13.1 Å². The fraction of sp³-hybridized carbons (Fsp3) is 0.400. The highest BCUT2D eigenvalue weighted by Gasteiger charge is 1.83. The van der Waals surface area contributed by atoms with Crippen molar-refractivity contribution in [2.24, 2.45) is 0 Å². The molecule has 5 heteroatoms. The van der Waals surface area contributed by atoms with Gasteiger partial charge in [-0.05, 0) is 13.1 Å². The van der Waals surface area contributed by atoms with Gasteiger partial charge in [-0.2, -0.15) is 0 Å². The van der Waals surface area contributed by atoms with Crippen molar-refractivity contribution in [3.8, 4) is 0 Å². The Balaban J connectivity index is 0. The molecular weight excluding hydrogens is 198 g/mol. The normalized spacial score (nSPS) is 10.0. The summed E-state index contributed by atoms with van der Waals surface area (Å²) >= 11 is 0. The van der Waals surface area contributed by atoms with Gasteiger partial charge in [-0.25, -0.2) is 9.59 Å². The Morgan fingerprint density at radius 1 is 1.00 bits per heavy atom. The Kier molecular flexibility index (Phi) is 13.1. The summed E-state index contributed by atoms with van der Waals surface area (Å²) in [4.78, 5) is 19.6. The largest absolute Gasteiger partial charge is 0.478 e. The molecule has 0 atom stereocenters. The van der Waals surface area contributed by atoms with Gasteiger partial charge in [0.05, 0.1) is 0 Å². The number of hydrogen-bond donors (Lipinski definition) is 3. The standard InChI is InChI=1S/C6H6O4.C4H11N/c7-5(8)3-1-2-4-6(9)10;1-3-5-4-2/h1-4H,(H,7,8)(H,9,10);5H,3-4H2,1-2H3. The molecule has 0 aliphatic heterocycles. The van der Waals surface area contributed by atoms with Crippen LogP contribution in [0.25, 0.3) is 0 Å². The van der Waals surface area contributed by atoms with Gasteiger partial charge >= 0.3 is 11.9 Å². The Morgan fingerprint density at radius 2 is 1.33 bits per heavy atom. The average Bonchev–Trinajstić information content (AvgIpc) is 2.14. The second kappa shape index (κ2) is 12.4. The zero-order valence-electron chi connectivity index (χ0n) is 8.93. The number of hydrogen-bond acceptors (Lipinski definition) is 3. The van der Waals surface area contributed by atoms with Gasteiger partial charge in [0.2, 0.25) is 0 Å². The van der Waals surface area contributed by atoms with Crippen molar-refractivity contribution < 1.29 is 19.8 Å². The molecule has 0 fully saturated rings. The third-order valence-corrected chi connectivity index (χ3v) is 1.09. The van der Waals surface area contributed by atoms with Crippen molar-refractivity contribution in [2.45, 2.75) is 13.8 Å². The van der Waals surface area contributed by atoms with E-state index in [4.69, 9.17) is 10.2 Å². The van der Waals surface area contributed by atoms with E-state index < -0.39 is 11.9 Å². The molecule has 0 saturated heterocycles. The first-order chi connectivity index (χ1) is 7.04. The van der Waals surface area contributed by atoms with Crippen molar-refractivity contribution in [3.05, 3.63) is 24.3 Å². The molecule has 86 valence electrons. The number of carboxylic acid groups (broad SMARTS) is 2. The lowest BCUT2D eigenvalue weighted by atomic mass is 10.4. The lowest BCUT2D eigenvalue weighted by Gasteiger charge is -1.86. The molecule has 0 aromatic heterocycles. The first-order valence-electron chi connectivity index (χ1n) is 4.55. The fourth-order valence-corrected chi connectivity index (χ4v) is 0.526. The van der Waals surface area contributed by atoms with Gasteiger partial charge in [0.25, 0.3) is 0 Å². The van der Waals surface area contributed by atoms with Crippen LogP contribution in [-0.2, 0) is 9.59 Å². The van der Waals surface area contributed by atoms with Gasteiger partial charge in [-0.15, -0.1) is 0 Å². The minimum Gasteiger partial charge on any atom is -0.478 e. The highest BCUT2D eigenvalue weighted by molar-refractivity contribution is 5.82. The van der Waals surface area contributed by atoms with Gasteiger partial charge in [0, 0.05) is 12.2 Å². The van der Waals surface area contributed by atoms with E-state index >= 15 is 0 Å². The fourth-order valence-electron chi connectivity index (χ4n) is 0.526. The van der Waals surface area contributed by atoms with Gasteiger partial charge in [-0.1, -0.05) is 26.0 Å². The van der Waals surface area contributed by atoms with Crippen LogP contribution in [0.1, 0.15) is 13.8 Å². The molecule has 0 spiro atoms. The second-order valence-electron chi connectivity index (χ2n) is 2.35. The topological polar surface area (TPSA) is 86.6 Å². The van der Waals surface area contributed by atoms with Crippen LogP contribution in [0.3, 0.4) is 0 Å². The maximum atomic E-state index is 9.78. The van der Waals surface area contributed by atoms with Crippen molar-refractivity contribution >= 4 is 11.9 Å². The first-order valence-corrected chi connectivity index (χ1v) is 4.55. The summed E-state index contributed by atoms with van der Waals surface area (Å²) in [6, 6.07) is 0. The van der Waals surface area contributed by atoms with Crippen molar-refractivity contribution in [1.82, 2.24) is 5.32 Å².